The number of aromatic nitrogens is 2. The Morgan fingerprint density at radius 3 is 2.96 bits per heavy atom. The minimum Gasteiger partial charge on any atom is -0.331 e. The molecule has 0 fully saturated rings. The minimum atomic E-state index is -0.551. The van der Waals surface area contributed by atoms with E-state index in [0.717, 1.165) is 36.1 Å². The van der Waals surface area contributed by atoms with E-state index in [1.54, 1.807) is 17.4 Å². The van der Waals surface area contributed by atoms with E-state index in [1.807, 2.05) is 0 Å². The van der Waals surface area contributed by atoms with Gasteiger partial charge in [0.15, 0.2) is 5.11 Å². The van der Waals surface area contributed by atoms with Gasteiger partial charge in [-0.3, -0.25) is 10.2 Å². The number of thiophene rings is 1. The third-order valence-electron chi connectivity index (χ3n) is 4.28. The number of aryl methyl sites for hydroxylation is 2. The van der Waals surface area contributed by atoms with Gasteiger partial charge in [-0.2, -0.15) is 0 Å². The number of anilines is 1. The van der Waals surface area contributed by atoms with Gasteiger partial charge in [-0.05, 0) is 61.7 Å². The van der Waals surface area contributed by atoms with Crippen LogP contribution in [0.2, 0.25) is 5.02 Å². The van der Waals surface area contributed by atoms with E-state index in [2.05, 4.69) is 15.7 Å². The normalized spacial score (nSPS) is 13.5. The lowest BCUT2D eigenvalue weighted by molar-refractivity contribution is 0.629. The maximum Gasteiger partial charge on any atom is 0.281 e. The molecule has 5 nitrogen and oxygen atoms in total. The summed E-state index contributed by atoms with van der Waals surface area (Å²) in [7, 11) is 0. The molecule has 4 rings (SSSR count). The molecule has 1 aromatic carbocycles. The van der Waals surface area contributed by atoms with E-state index in [9.17, 15) is 9.18 Å². The van der Waals surface area contributed by atoms with Crippen molar-refractivity contribution in [3.63, 3.8) is 0 Å². The topological polar surface area (TPSA) is 59.0 Å². The predicted molar refractivity (Wildman–Crippen MR) is 108 cm³/mol. The van der Waals surface area contributed by atoms with Gasteiger partial charge in [0, 0.05) is 10.6 Å². The summed E-state index contributed by atoms with van der Waals surface area (Å²) < 4.78 is 14.8. The van der Waals surface area contributed by atoms with Gasteiger partial charge in [0.25, 0.3) is 5.56 Å². The number of halogens is 2. The number of hydrogen-bond acceptors (Lipinski definition) is 4. The second-order valence-electron chi connectivity index (χ2n) is 6.01. The lowest BCUT2D eigenvalue weighted by atomic mass is 9.97. The van der Waals surface area contributed by atoms with Gasteiger partial charge in [0.2, 0.25) is 0 Å². The number of rotatable bonds is 2. The molecule has 2 heterocycles. The smallest absolute Gasteiger partial charge is 0.281 e. The van der Waals surface area contributed by atoms with E-state index in [-0.39, 0.29) is 15.7 Å². The fraction of sp³-hybridized carbons (Fsp3) is 0.235. The summed E-state index contributed by atoms with van der Waals surface area (Å²) in [5.41, 5.74) is 4.16. The molecule has 0 spiro atoms. The van der Waals surface area contributed by atoms with Crippen molar-refractivity contribution in [1.29, 1.82) is 0 Å². The van der Waals surface area contributed by atoms with Crippen LogP contribution in [0.1, 0.15) is 23.3 Å². The summed E-state index contributed by atoms with van der Waals surface area (Å²) >= 11 is 12.5. The first-order valence-corrected chi connectivity index (χ1v) is 9.68. The van der Waals surface area contributed by atoms with Gasteiger partial charge in [0.05, 0.1) is 10.4 Å². The number of hydrogen-bond donors (Lipinski definition) is 2. The highest BCUT2D eigenvalue weighted by molar-refractivity contribution is 7.80. The van der Waals surface area contributed by atoms with Gasteiger partial charge in [-0.1, -0.05) is 11.6 Å². The number of fused-ring (bicyclic) bond motifs is 3. The Morgan fingerprint density at radius 1 is 1.35 bits per heavy atom. The maximum absolute atomic E-state index is 13.5. The monoisotopic (exact) mass is 408 g/mol. The first-order valence-electron chi connectivity index (χ1n) is 8.08. The average molecular weight is 409 g/mol. The average Bonchev–Trinajstić information content (AvgIpc) is 3.00. The van der Waals surface area contributed by atoms with Crippen LogP contribution in [0.3, 0.4) is 0 Å². The van der Waals surface area contributed by atoms with E-state index >= 15 is 0 Å². The van der Waals surface area contributed by atoms with Crippen LogP contribution in [0, 0.1) is 5.82 Å². The molecule has 0 aliphatic heterocycles. The molecule has 1 aliphatic rings. The molecule has 0 bridgehead atoms. The molecule has 2 N–H and O–H groups in total. The fourth-order valence-electron chi connectivity index (χ4n) is 3.07. The third-order valence-corrected chi connectivity index (χ3v) is 5.97. The van der Waals surface area contributed by atoms with Gasteiger partial charge >= 0.3 is 0 Å². The molecule has 0 unspecified atom stereocenters. The summed E-state index contributed by atoms with van der Waals surface area (Å²) in [5, 5.41) is 3.68. The molecule has 1 aliphatic carbocycles. The molecule has 134 valence electrons. The maximum atomic E-state index is 13.5. The molecule has 3 aromatic rings. The first kappa shape index (κ1) is 17.4. The number of thiocarbonyl (C=S) groups is 1. The molecule has 9 heteroatoms. The SMILES string of the molecule is O=c1c2c3c(sc2ncn1NC(=S)Nc1ccc(Cl)c(F)c1)CCCC3. The lowest BCUT2D eigenvalue weighted by Gasteiger charge is -2.13. The number of benzene rings is 1. The third kappa shape index (κ3) is 3.20. The van der Waals surface area contributed by atoms with Crippen molar-refractivity contribution in [2.45, 2.75) is 25.7 Å². The van der Waals surface area contributed by atoms with Crippen molar-refractivity contribution >= 4 is 56.2 Å². The standard InChI is InChI=1S/C17H14ClFN4OS2/c18-11-6-5-9(7-12(11)19)21-17(25)22-23-8-20-15-14(16(23)24)10-3-1-2-4-13(10)26-15/h5-8H,1-4H2,(H2,21,22,25). The van der Waals surface area contributed by atoms with Gasteiger partial charge in [0.1, 0.15) is 17.0 Å². The van der Waals surface area contributed by atoms with Crippen LogP contribution < -0.4 is 16.3 Å². The molecule has 0 amide bonds. The van der Waals surface area contributed by atoms with Crippen LogP contribution in [0.5, 0.6) is 0 Å². The zero-order valence-electron chi connectivity index (χ0n) is 13.5. The summed E-state index contributed by atoms with van der Waals surface area (Å²) in [6, 6.07) is 4.26. The zero-order valence-corrected chi connectivity index (χ0v) is 15.9. The van der Waals surface area contributed by atoms with Crippen LogP contribution in [-0.2, 0) is 12.8 Å². The van der Waals surface area contributed by atoms with Crippen LogP contribution in [-0.4, -0.2) is 14.8 Å². The Kier molecular flexibility index (Phi) is 4.64. The Hall–Kier alpha value is -2.03. The largest absolute Gasteiger partial charge is 0.331 e. The molecular formula is C17H14ClFN4OS2. The first-order chi connectivity index (χ1) is 12.5. The van der Waals surface area contributed by atoms with Crippen molar-refractivity contribution in [1.82, 2.24) is 9.66 Å². The Bertz CT molecular complexity index is 1080. The lowest BCUT2D eigenvalue weighted by Crippen LogP contribution is -2.35. The van der Waals surface area contributed by atoms with E-state index in [4.69, 9.17) is 23.8 Å². The Labute approximate surface area is 162 Å². The molecule has 0 saturated carbocycles. The van der Waals surface area contributed by atoms with E-state index in [0.29, 0.717) is 11.1 Å². The molecule has 0 atom stereocenters. The second-order valence-corrected chi connectivity index (χ2v) is 7.90. The Morgan fingerprint density at radius 2 is 2.15 bits per heavy atom. The summed E-state index contributed by atoms with van der Waals surface area (Å²) in [4.78, 5) is 19.3. The van der Waals surface area contributed by atoms with Gasteiger partial charge in [-0.25, -0.2) is 14.1 Å². The molecule has 0 saturated heterocycles. The van der Waals surface area contributed by atoms with E-state index in [1.165, 1.54) is 28.0 Å². The summed E-state index contributed by atoms with van der Waals surface area (Å²) in [6.45, 7) is 0. The number of nitrogens with zero attached hydrogens (tertiary/aromatic N) is 2. The molecule has 2 aromatic heterocycles. The molecule has 0 radical (unpaired) electrons. The minimum absolute atomic E-state index is 0.0301. The van der Waals surface area contributed by atoms with Gasteiger partial charge < -0.3 is 5.32 Å². The van der Waals surface area contributed by atoms with Crippen LogP contribution >= 0.6 is 35.2 Å². The summed E-state index contributed by atoms with van der Waals surface area (Å²) in [6.07, 6.45) is 5.57. The van der Waals surface area contributed by atoms with Crippen molar-refractivity contribution in [2.75, 3.05) is 10.7 Å². The quantitative estimate of drug-likeness (QED) is 0.626. The highest BCUT2D eigenvalue weighted by Crippen LogP contribution is 2.33. The molecular weight excluding hydrogens is 395 g/mol. The van der Waals surface area contributed by atoms with Crippen molar-refractivity contribution in [3.8, 4) is 0 Å². The zero-order chi connectivity index (χ0) is 18.3. The highest BCUT2D eigenvalue weighted by atomic mass is 35.5. The van der Waals surface area contributed by atoms with Crippen molar-refractivity contribution in [3.05, 3.63) is 56.2 Å². The fourth-order valence-corrected chi connectivity index (χ4v) is 4.62. The second kappa shape index (κ2) is 6.94. The van der Waals surface area contributed by atoms with Crippen LogP contribution in [0.15, 0.2) is 29.3 Å². The summed E-state index contributed by atoms with van der Waals surface area (Å²) in [5.74, 6) is -0.551. The van der Waals surface area contributed by atoms with Crippen LogP contribution in [0.25, 0.3) is 10.2 Å². The van der Waals surface area contributed by atoms with Crippen molar-refractivity contribution < 1.29 is 4.39 Å². The van der Waals surface area contributed by atoms with Crippen LogP contribution in [0.4, 0.5) is 10.1 Å². The van der Waals surface area contributed by atoms with Crippen molar-refractivity contribution in [2.24, 2.45) is 0 Å². The predicted octanol–water partition coefficient (Wildman–Crippen LogP) is 4.07. The van der Waals surface area contributed by atoms with Gasteiger partial charge in [-0.15, -0.1) is 11.3 Å². The molecule has 26 heavy (non-hydrogen) atoms. The van der Waals surface area contributed by atoms with E-state index < -0.39 is 5.82 Å². The number of nitrogens with one attached hydrogen (secondary N) is 2. The highest BCUT2D eigenvalue weighted by Gasteiger charge is 2.20. The Balaban J connectivity index is 1.60.